The summed E-state index contributed by atoms with van der Waals surface area (Å²) >= 11 is 5.91. The summed E-state index contributed by atoms with van der Waals surface area (Å²) < 4.78 is 5.83. The van der Waals surface area contributed by atoms with Gasteiger partial charge < -0.3 is 20.7 Å². The van der Waals surface area contributed by atoms with Crippen LogP contribution in [0.4, 0.5) is 5.69 Å². The van der Waals surface area contributed by atoms with Crippen LogP contribution in [0.1, 0.15) is 24.5 Å². The second-order valence-corrected chi connectivity index (χ2v) is 6.90. The number of rotatable bonds is 7. The Balaban J connectivity index is 1.47. The zero-order valence-corrected chi connectivity index (χ0v) is 16.7. The standard InChI is InChI=1S/C21H25ClN4O2/c1-2-23-21(25-14-15-3-6-17(22)7-4-15)24-11-12-28-18-8-9-19-16(13-18)5-10-20(27)26-19/h3-4,6-9,13H,2,5,10-12,14H2,1H3,(H,26,27)(H2,23,24,25). The number of aliphatic imine (C=N–C) groups is 1. The number of nitrogens with one attached hydrogen (secondary N) is 3. The number of carbonyl (C=O) groups excluding carboxylic acids is 1. The first kappa shape index (κ1) is 20.0. The number of guanidine groups is 1. The van der Waals surface area contributed by atoms with Crippen LogP contribution in [-0.4, -0.2) is 31.6 Å². The lowest BCUT2D eigenvalue weighted by Gasteiger charge is -2.18. The third kappa shape index (κ3) is 5.89. The Hall–Kier alpha value is -2.73. The maximum atomic E-state index is 11.4. The number of benzene rings is 2. The molecule has 3 rings (SSSR count). The van der Waals surface area contributed by atoms with E-state index in [0.717, 1.165) is 46.5 Å². The number of amides is 1. The van der Waals surface area contributed by atoms with E-state index in [1.807, 2.05) is 49.4 Å². The van der Waals surface area contributed by atoms with Crippen molar-refractivity contribution in [1.29, 1.82) is 0 Å². The van der Waals surface area contributed by atoms with Crippen molar-refractivity contribution in [1.82, 2.24) is 10.6 Å². The van der Waals surface area contributed by atoms with Gasteiger partial charge in [-0.15, -0.1) is 0 Å². The third-order valence-electron chi connectivity index (χ3n) is 4.31. The maximum Gasteiger partial charge on any atom is 0.224 e. The molecular formula is C21H25ClN4O2. The minimum absolute atomic E-state index is 0.0687. The molecule has 3 N–H and O–H groups in total. The molecule has 0 spiro atoms. The van der Waals surface area contributed by atoms with Crippen molar-refractivity contribution in [2.75, 3.05) is 25.0 Å². The number of nitrogens with zero attached hydrogens (tertiary/aromatic N) is 1. The highest BCUT2D eigenvalue weighted by Gasteiger charge is 2.14. The predicted molar refractivity (Wildman–Crippen MR) is 113 cm³/mol. The van der Waals surface area contributed by atoms with Crippen molar-refractivity contribution in [2.24, 2.45) is 4.99 Å². The minimum atomic E-state index is 0.0687. The fourth-order valence-corrected chi connectivity index (χ4v) is 3.02. The van der Waals surface area contributed by atoms with Crippen molar-refractivity contribution >= 4 is 29.2 Å². The summed E-state index contributed by atoms with van der Waals surface area (Å²) in [6.07, 6.45) is 1.27. The Bertz CT molecular complexity index is 837. The smallest absolute Gasteiger partial charge is 0.224 e. The van der Waals surface area contributed by atoms with Crippen LogP contribution < -0.4 is 20.7 Å². The van der Waals surface area contributed by atoms with E-state index >= 15 is 0 Å². The number of ether oxygens (including phenoxy) is 1. The molecule has 0 aliphatic carbocycles. The minimum Gasteiger partial charge on any atom is -0.492 e. The van der Waals surface area contributed by atoms with Gasteiger partial charge in [0.25, 0.3) is 0 Å². The van der Waals surface area contributed by atoms with Gasteiger partial charge in [0.15, 0.2) is 5.96 Å². The molecule has 6 nitrogen and oxygen atoms in total. The van der Waals surface area contributed by atoms with Gasteiger partial charge in [-0.25, -0.2) is 4.99 Å². The molecule has 1 amide bonds. The molecule has 1 heterocycles. The second-order valence-electron chi connectivity index (χ2n) is 6.46. The second kappa shape index (κ2) is 9.99. The molecular weight excluding hydrogens is 376 g/mol. The molecule has 0 saturated heterocycles. The molecule has 1 aliphatic rings. The van der Waals surface area contributed by atoms with Crippen LogP contribution >= 0.6 is 11.6 Å². The Morgan fingerprint density at radius 1 is 1.18 bits per heavy atom. The fraction of sp³-hybridized carbons (Fsp3) is 0.333. The number of hydrogen-bond acceptors (Lipinski definition) is 3. The highest BCUT2D eigenvalue weighted by molar-refractivity contribution is 6.30. The third-order valence-corrected chi connectivity index (χ3v) is 4.56. The Morgan fingerprint density at radius 2 is 2.00 bits per heavy atom. The van der Waals surface area contributed by atoms with Gasteiger partial charge in [0.2, 0.25) is 5.91 Å². The number of carbonyl (C=O) groups is 1. The Kier molecular flexibility index (Phi) is 7.14. The average Bonchev–Trinajstić information content (AvgIpc) is 2.70. The summed E-state index contributed by atoms with van der Waals surface area (Å²) in [6, 6.07) is 13.4. The van der Waals surface area contributed by atoms with Gasteiger partial charge in [-0.2, -0.15) is 0 Å². The summed E-state index contributed by atoms with van der Waals surface area (Å²) in [5.74, 6) is 1.62. The number of hydrogen-bond donors (Lipinski definition) is 3. The van der Waals surface area contributed by atoms with Gasteiger partial charge in [-0.3, -0.25) is 4.79 Å². The summed E-state index contributed by atoms with van der Waals surface area (Å²) in [7, 11) is 0. The first-order valence-electron chi connectivity index (χ1n) is 9.46. The summed E-state index contributed by atoms with van der Waals surface area (Å²) in [5.41, 5.74) is 3.09. The zero-order chi connectivity index (χ0) is 19.8. The summed E-state index contributed by atoms with van der Waals surface area (Å²) in [5, 5.41) is 10.1. The van der Waals surface area contributed by atoms with Crippen molar-refractivity contribution in [2.45, 2.75) is 26.3 Å². The summed E-state index contributed by atoms with van der Waals surface area (Å²) in [6.45, 7) is 4.52. The first-order valence-corrected chi connectivity index (χ1v) is 9.84. The quantitative estimate of drug-likeness (QED) is 0.378. The fourth-order valence-electron chi connectivity index (χ4n) is 2.89. The normalized spacial score (nSPS) is 13.5. The number of halogens is 1. The summed E-state index contributed by atoms with van der Waals surface area (Å²) in [4.78, 5) is 16.0. The van der Waals surface area contributed by atoms with E-state index in [4.69, 9.17) is 16.3 Å². The maximum absolute atomic E-state index is 11.4. The van der Waals surface area contributed by atoms with Crippen LogP contribution in [0, 0.1) is 0 Å². The monoisotopic (exact) mass is 400 g/mol. The van der Waals surface area contributed by atoms with Crippen molar-refractivity contribution in [3.63, 3.8) is 0 Å². The highest BCUT2D eigenvalue weighted by Crippen LogP contribution is 2.26. The average molecular weight is 401 g/mol. The van der Waals surface area contributed by atoms with E-state index in [0.29, 0.717) is 26.1 Å². The van der Waals surface area contributed by atoms with Gasteiger partial charge in [0.1, 0.15) is 12.4 Å². The molecule has 0 fully saturated rings. The molecule has 0 atom stereocenters. The van der Waals surface area contributed by atoms with E-state index in [1.165, 1.54) is 0 Å². The zero-order valence-electron chi connectivity index (χ0n) is 15.9. The molecule has 28 heavy (non-hydrogen) atoms. The van der Waals surface area contributed by atoms with E-state index in [1.54, 1.807) is 0 Å². The molecule has 7 heteroatoms. The molecule has 0 radical (unpaired) electrons. The molecule has 0 bridgehead atoms. The lowest BCUT2D eigenvalue weighted by molar-refractivity contribution is -0.116. The van der Waals surface area contributed by atoms with Crippen LogP contribution in [0.2, 0.25) is 5.02 Å². The Morgan fingerprint density at radius 3 is 2.79 bits per heavy atom. The molecule has 0 aromatic heterocycles. The van der Waals surface area contributed by atoms with Crippen LogP contribution in [-0.2, 0) is 17.8 Å². The van der Waals surface area contributed by atoms with Crippen molar-refractivity contribution < 1.29 is 9.53 Å². The van der Waals surface area contributed by atoms with Gasteiger partial charge in [-0.05, 0) is 54.8 Å². The molecule has 0 saturated carbocycles. The first-order chi connectivity index (χ1) is 13.6. The molecule has 0 unspecified atom stereocenters. The van der Waals surface area contributed by atoms with Gasteiger partial charge in [-0.1, -0.05) is 23.7 Å². The van der Waals surface area contributed by atoms with Crippen molar-refractivity contribution in [3.8, 4) is 5.75 Å². The van der Waals surface area contributed by atoms with Gasteiger partial charge in [0, 0.05) is 23.7 Å². The Labute approximate surface area is 170 Å². The molecule has 1 aliphatic heterocycles. The molecule has 2 aromatic carbocycles. The molecule has 2 aromatic rings. The van der Waals surface area contributed by atoms with Gasteiger partial charge in [0.05, 0.1) is 13.1 Å². The lowest BCUT2D eigenvalue weighted by atomic mass is 10.0. The lowest BCUT2D eigenvalue weighted by Crippen LogP contribution is -2.39. The topological polar surface area (TPSA) is 74.8 Å². The van der Waals surface area contributed by atoms with Crippen LogP contribution in [0.5, 0.6) is 5.75 Å². The number of aryl methyl sites for hydroxylation is 1. The van der Waals surface area contributed by atoms with E-state index in [2.05, 4.69) is 20.9 Å². The number of anilines is 1. The van der Waals surface area contributed by atoms with E-state index < -0.39 is 0 Å². The van der Waals surface area contributed by atoms with Crippen LogP contribution in [0.25, 0.3) is 0 Å². The predicted octanol–water partition coefficient (Wildman–Crippen LogP) is 3.36. The largest absolute Gasteiger partial charge is 0.492 e. The SMILES string of the molecule is CCNC(=NCc1ccc(Cl)cc1)NCCOc1ccc2c(c1)CCC(=O)N2. The van der Waals surface area contributed by atoms with E-state index in [9.17, 15) is 4.79 Å². The molecule has 148 valence electrons. The van der Waals surface area contributed by atoms with Crippen molar-refractivity contribution in [3.05, 3.63) is 58.6 Å². The van der Waals surface area contributed by atoms with Crippen LogP contribution in [0.3, 0.4) is 0 Å². The van der Waals surface area contributed by atoms with Gasteiger partial charge >= 0.3 is 0 Å². The van der Waals surface area contributed by atoms with E-state index in [-0.39, 0.29) is 5.91 Å². The highest BCUT2D eigenvalue weighted by atomic mass is 35.5. The number of fused-ring (bicyclic) bond motifs is 1. The van der Waals surface area contributed by atoms with Crippen LogP contribution in [0.15, 0.2) is 47.5 Å².